The summed E-state index contributed by atoms with van der Waals surface area (Å²) in [5, 5.41) is 11.1. The molecule has 8 nitrogen and oxygen atoms in total. The summed E-state index contributed by atoms with van der Waals surface area (Å²) in [6, 6.07) is 7.13. The number of phenolic OH excluding ortho intramolecular Hbond substituents is 1. The number of rotatable bonds is 4. The van der Waals surface area contributed by atoms with E-state index in [1.54, 1.807) is 6.07 Å². The zero-order valence-corrected chi connectivity index (χ0v) is 19.7. The molecule has 2 aromatic carbocycles. The maximum absolute atomic E-state index is 16.2. The highest BCUT2D eigenvalue weighted by Gasteiger charge is 2.27. The number of likely N-dealkylation sites (N-methyl/N-ethyl adjacent to an activating group) is 1. The van der Waals surface area contributed by atoms with Crippen LogP contribution in [0.2, 0.25) is 0 Å². The molecule has 5 rings (SSSR count). The number of halogens is 2. The molecule has 0 aliphatic carbocycles. The first-order chi connectivity index (χ1) is 16.9. The van der Waals surface area contributed by atoms with Gasteiger partial charge in [0.25, 0.3) is 0 Å². The molecule has 35 heavy (non-hydrogen) atoms. The van der Waals surface area contributed by atoms with Crippen molar-refractivity contribution in [2.45, 2.75) is 6.42 Å². The highest BCUT2D eigenvalue weighted by atomic mass is 19.1. The predicted octanol–water partition coefficient (Wildman–Crippen LogP) is 3.99. The molecule has 0 atom stereocenters. The third-order valence-electron chi connectivity index (χ3n) is 6.27. The summed E-state index contributed by atoms with van der Waals surface area (Å²) in [6.07, 6.45) is 0.898. The Bertz CT molecular complexity index is 1430. The fourth-order valence-electron chi connectivity index (χ4n) is 4.56. The lowest BCUT2D eigenvalue weighted by Crippen LogP contribution is -2.30. The summed E-state index contributed by atoms with van der Waals surface area (Å²) in [7, 11) is 4.89. The van der Waals surface area contributed by atoms with E-state index in [1.807, 2.05) is 4.90 Å². The first-order valence-electron chi connectivity index (χ1n) is 11.3. The van der Waals surface area contributed by atoms with E-state index in [2.05, 4.69) is 26.9 Å². The van der Waals surface area contributed by atoms with Crippen LogP contribution in [0, 0.1) is 11.6 Å². The molecule has 10 heteroatoms. The number of fused-ring (bicyclic) bond motifs is 2. The number of hydrogen-bond donors (Lipinski definition) is 1. The fraction of sp³-hybridized carbons (Fsp3) is 0.320. The Hall–Kier alpha value is -3.79. The van der Waals surface area contributed by atoms with Crippen molar-refractivity contribution in [1.29, 1.82) is 0 Å². The summed E-state index contributed by atoms with van der Waals surface area (Å²) in [5.74, 6) is -0.936. The van der Waals surface area contributed by atoms with Crippen molar-refractivity contribution in [2.75, 3.05) is 52.3 Å². The maximum Gasteiger partial charge on any atom is 0.318 e. The van der Waals surface area contributed by atoms with Gasteiger partial charge in [-0.3, -0.25) is 0 Å². The second-order valence-corrected chi connectivity index (χ2v) is 8.52. The molecule has 1 saturated heterocycles. The monoisotopic (exact) mass is 481 g/mol. The molecular weight excluding hydrogens is 456 g/mol. The molecule has 1 aliphatic heterocycles. The SMILES string of the molecule is COc1nc(N2CCCN(C)CC2)c2c(OC)nc(-c3cc(O)cc4cccc(F)c34)c(F)c2n1. The number of anilines is 1. The average Bonchev–Trinajstić information content (AvgIpc) is 3.07. The molecular formula is C25H25F2N5O3. The zero-order valence-electron chi connectivity index (χ0n) is 19.7. The maximum atomic E-state index is 16.2. The summed E-state index contributed by atoms with van der Waals surface area (Å²) in [6.45, 7) is 3.11. The van der Waals surface area contributed by atoms with E-state index < -0.39 is 11.6 Å². The van der Waals surface area contributed by atoms with Crippen LogP contribution in [0.15, 0.2) is 30.3 Å². The number of aromatic nitrogens is 3. The van der Waals surface area contributed by atoms with Gasteiger partial charge in [-0.1, -0.05) is 12.1 Å². The van der Waals surface area contributed by atoms with Gasteiger partial charge in [-0.15, -0.1) is 0 Å². The lowest BCUT2D eigenvalue weighted by Gasteiger charge is -2.24. The molecule has 0 saturated carbocycles. The van der Waals surface area contributed by atoms with Crippen LogP contribution in [-0.2, 0) is 0 Å². The van der Waals surface area contributed by atoms with Crippen molar-refractivity contribution >= 4 is 27.5 Å². The molecule has 0 spiro atoms. The highest BCUT2D eigenvalue weighted by molar-refractivity contribution is 6.02. The van der Waals surface area contributed by atoms with E-state index in [4.69, 9.17) is 9.47 Å². The number of nitrogens with zero attached hydrogens (tertiary/aromatic N) is 5. The van der Waals surface area contributed by atoms with Gasteiger partial charge in [0.2, 0.25) is 5.88 Å². The van der Waals surface area contributed by atoms with Crippen LogP contribution in [0.25, 0.3) is 32.9 Å². The normalized spacial score (nSPS) is 14.9. The van der Waals surface area contributed by atoms with Gasteiger partial charge in [0.05, 0.1) is 14.2 Å². The molecule has 0 bridgehead atoms. The van der Waals surface area contributed by atoms with Crippen molar-refractivity contribution in [3.8, 4) is 28.9 Å². The van der Waals surface area contributed by atoms with Gasteiger partial charge < -0.3 is 24.4 Å². The van der Waals surface area contributed by atoms with Crippen LogP contribution >= 0.6 is 0 Å². The van der Waals surface area contributed by atoms with Gasteiger partial charge in [-0.25, -0.2) is 13.8 Å². The number of benzene rings is 2. The minimum atomic E-state index is -0.787. The molecule has 1 N–H and O–H groups in total. The topological polar surface area (TPSA) is 83.8 Å². The van der Waals surface area contributed by atoms with Gasteiger partial charge in [-0.2, -0.15) is 9.97 Å². The number of aromatic hydroxyl groups is 1. The summed E-state index contributed by atoms with van der Waals surface area (Å²) in [5.41, 5.74) is -0.159. The molecule has 2 aromatic heterocycles. The van der Waals surface area contributed by atoms with E-state index in [0.29, 0.717) is 29.7 Å². The summed E-state index contributed by atoms with van der Waals surface area (Å²) >= 11 is 0. The molecule has 0 amide bonds. The van der Waals surface area contributed by atoms with Crippen LogP contribution in [0.5, 0.6) is 17.6 Å². The second kappa shape index (κ2) is 9.10. The van der Waals surface area contributed by atoms with E-state index in [1.165, 1.54) is 38.5 Å². The third-order valence-corrected chi connectivity index (χ3v) is 6.27. The minimum Gasteiger partial charge on any atom is -0.508 e. The van der Waals surface area contributed by atoms with Crippen molar-refractivity contribution in [3.63, 3.8) is 0 Å². The molecule has 0 unspecified atom stereocenters. The Kier molecular flexibility index (Phi) is 5.98. The van der Waals surface area contributed by atoms with Crippen LogP contribution in [-0.4, -0.2) is 72.4 Å². The smallest absolute Gasteiger partial charge is 0.318 e. The Labute approximate surface area is 200 Å². The van der Waals surface area contributed by atoms with Crippen LogP contribution in [0.1, 0.15) is 6.42 Å². The highest BCUT2D eigenvalue weighted by Crippen LogP contribution is 2.41. The van der Waals surface area contributed by atoms with Crippen molar-refractivity contribution in [2.24, 2.45) is 0 Å². The lowest BCUT2D eigenvalue weighted by atomic mass is 9.99. The van der Waals surface area contributed by atoms with Gasteiger partial charge in [0.15, 0.2) is 5.82 Å². The molecule has 0 radical (unpaired) electrons. The number of hydrogen-bond acceptors (Lipinski definition) is 8. The number of ether oxygens (including phenoxy) is 2. The van der Waals surface area contributed by atoms with Crippen molar-refractivity contribution in [3.05, 3.63) is 42.0 Å². The van der Waals surface area contributed by atoms with Gasteiger partial charge in [0, 0.05) is 30.6 Å². The second-order valence-electron chi connectivity index (χ2n) is 8.52. The molecule has 4 aromatic rings. The summed E-state index contributed by atoms with van der Waals surface area (Å²) < 4.78 is 41.9. The van der Waals surface area contributed by atoms with Crippen molar-refractivity contribution in [1.82, 2.24) is 19.9 Å². The quantitative estimate of drug-likeness (QED) is 0.469. The first-order valence-corrected chi connectivity index (χ1v) is 11.3. The number of methoxy groups -OCH3 is 2. The zero-order chi connectivity index (χ0) is 24.7. The first kappa shape index (κ1) is 23.0. The van der Waals surface area contributed by atoms with Crippen LogP contribution < -0.4 is 14.4 Å². The molecule has 3 heterocycles. The fourth-order valence-corrected chi connectivity index (χ4v) is 4.56. The van der Waals surface area contributed by atoms with E-state index in [9.17, 15) is 9.50 Å². The average molecular weight is 482 g/mol. The van der Waals surface area contributed by atoms with E-state index in [-0.39, 0.29) is 39.8 Å². The predicted molar refractivity (Wildman–Crippen MR) is 129 cm³/mol. The van der Waals surface area contributed by atoms with Crippen molar-refractivity contribution < 1.29 is 23.4 Å². The Morgan fingerprint density at radius 2 is 1.77 bits per heavy atom. The Morgan fingerprint density at radius 3 is 2.54 bits per heavy atom. The van der Waals surface area contributed by atoms with Crippen LogP contribution in [0.4, 0.5) is 14.6 Å². The van der Waals surface area contributed by atoms with Crippen LogP contribution in [0.3, 0.4) is 0 Å². The lowest BCUT2D eigenvalue weighted by molar-refractivity contribution is 0.359. The van der Waals surface area contributed by atoms with Gasteiger partial charge in [0.1, 0.15) is 34.0 Å². The van der Waals surface area contributed by atoms with E-state index in [0.717, 1.165) is 19.5 Å². The standard InChI is InChI=1S/C25H25F2N5O3/c1-31-8-5-9-32(11-10-31)23-19-22(29-25(30-23)35-3)20(27)21(28-24(19)34-2)16-13-15(33)12-14-6-4-7-17(26)18(14)16/h4,6-7,12-13,33H,5,8-11H2,1-3H3. The van der Waals surface area contributed by atoms with Gasteiger partial charge in [-0.05, 0) is 43.6 Å². The number of pyridine rings is 1. The number of phenols is 1. The Morgan fingerprint density at radius 1 is 0.943 bits per heavy atom. The third kappa shape index (κ3) is 4.03. The largest absolute Gasteiger partial charge is 0.508 e. The van der Waals surface area contributed by atoms with Gasteiger partial charge >= 0.3 is 6.01 Å². The minimum absolute atomic E-state index is 0.00449. The molecule has 1 aliphatic rings. The molecule has 1 fully saturated rings. The van der Waals surface area contributed by atoms with E-state index >= 15 is 4.39 Å². The summed E-state index contributed by atoms with van der Waals surface area (Å²) in [4.78, 5) is 17.5. The molecule has 182 valence electrons. The Balaban J connectivity index is 1.81.